The van der Waals surface area contributed by atoms with Gasteiger partial charge in [0.2, 0.25) is 0 Å². The van der Waals surface area contributed by atoms with Gasteiger partial charge in [0.1, 0.15) is 5.60 Å². The molecule has 23 heavy (non-hydrogen) atoms. The molecule has 1 atom stereocenters. The lowest BCUT2D eigenvalue weighted by Crippen LogP contribution is -2.43. The van der Waals surface area contributed by atoms with Gasteiger partial charge in [-0.05, 0) is 67.2 Å². The number of aliphatic imine (C=N–C) groups is 1. The predicted molar refractivity (Wildman–Crippen MR) is 98.0 cm³/mol. The van der Waals surface area contributed by atoms with Crippen LogP contribution in [0.2, 0.25) is 0 Å². The summed E-state index contributed by atoms with van der Waals surface area (Å²) < 4.78 is 6.66. The van der Waals surface area contributed by atoms with Gasteiger partial charge in [-0.25, -0.2) is 4.79 Å². The number of hydrogen-bond donors (Lipinski definition) is 0. The van der Waals surface area contributed by atoms with Gasteiger partial charge in [0, 0.05) is 29.8 Å². The van der Waals surface area contributed by atoms with Crippen LogP contribution in [0.3, 0.4) is 0 Å². The molecule has 1 saturated heterocycles. The van der Waals surface area contributed by atoms with Crippen molar-refractivity contribution in [2.45, 2.75) is 51.7 Å². The van der Waals surface area contributed by atoms with Crippen molar-refractivity contribution >= 4 is 44.6 Å². The highest BCUT2D eigenvalue weighted by Crippen LogP contribution is 2.34. The molecule has 3 rings (SSSR count). The van der Waals surface area contributed by atoms with Crippen molar-refractivity contribution in [3.05, 3.63) is 27.0 Å². The summed E-state index contributed by atoms with van der Waals surface area (Å²) in [4.78, 5) is 20.1. The largest absolute Gasteiger partial charge is 0.444 e. The van der Waals surface area contributed by atoms with Crippen molar-refractivity contribution in [1.82, 2.24) is 4.90 Å². The lowest BCUT2D eigenvalue weighted by Gasteiger charge is -2.28. The van der Waals surface area contributed by atoms with Gasteiger partial charge in [-0.1, -0.05) is 0 Å². The minimum atomic E-state index is -0.464. The Morgan fingerprint density at radius 3 is 2.87 bits per heavy atom. The molecule has 0 unspecified atom stereocenters. The second-order valence-electron chi connectivity index (χ2n) is 6.89. The Morgan fingerprint density at radius 2 is 2.22 bits per heavy atom. The fraction of sp³-hybridized carbons (Fsp3) is 0.529. The second kappa shape index (κ2) is 6.40. The fourth-order valence-corrected chi connectivity index (χ4v) is 4.33. The minimum absolute atomic E-state index is 0.0713. The van der Waals surface area contributed by atoms with Crippen molar-refractivity contribution < 1.29 is 9.53 Å². The van der Waals surface area contributed by atoms with Gasteiger partial charge in [-0.3, -0.25) is 9.89 Å². The summed E-state index contributed by atoms with van der Waals surface area (Å²) >= 11 is 5.22. The molecule has 2 aliphatic rings. The van der Waals surface area contributed by atoms with E-state index in [1.165, 1.54) is 10.5 Å². The molecule has 1 fully saturated rings. The van der Waals surface area contributed by atoms with Crippen LogP contribution in [0, 0.1) is 0 Å². The number of likely N-dealkylation sites (tertiary alicyclic amines) is 1. The second-order valence-corrected chi connectivity index (χ2v) is 9.35. The quantitative estimate of drug-likeness (QED) is 0.697. The molecule has 6 heteroatoms. The van der Waals surface area contributed by atoms with Gasteiger partial charge in [0.25, 0.3) is 0 Å². The number of rotatable bonds is 2. The number of hydrogen-bond acceptors (Lipinski definition) is 4. The number of carbonyl (C=O) groups excluding carboxylic acids is 1. The van der Waals surface area contributed by atoms with E-state index in [-0.39, 0.29) is 12.1 Å². The first-order valence-electron chi connectivity index (χ1n) is 7.84. The average molecular weight is 397 g/mol. The monoisotopic (exact) mass is 396 g/mol. The van der Waals surface area contributed by atoms with Gasteiger partial charge >= 0.3 is 6.09 Å². The van der Waals surface area contributed by atoms with E-state index in [4.69, 9.17) is 4.74 Å². The van der Waals surface area contributed by atoms with E-state index in [2.05, 4.69) is 33.1 Å². The number of thiophene rings is 1. The van der Waals surface area contributed by atoms with E-state index < -0.39 is 5.60 Å². The van der Waals surface area contributed by atoms with Gasteiger partial charge < -0.3 is 4.74 Å². The molecule has 4 nitrogen and oxygen atoms in total. The Morgan fingerprint density at radius 1 is 1.43 bits per heavy atom. The molecule has 0 aromatic carbocycles. The van der Waals surface area contributed by atoms with Crippen LogP contribution < -0.4 is 0 Å². The highest BCUT2D eigenvalue weighted by atomic mass is 79.9. The Bertz CT molecular complexity index is 672. The van der Waals surface area contributed by atoms with Gasteiger partial charge in [-0.15, -0.1) is 11.3 Å². The predicted octanol–water partition coefficient (Wildman–Crippen LogP) is 5.10. The van der Waals surface area contributed by atoms with Crippen LogP contribution in [0.5, 0.6) is 0 Å². The molecule has 1 aromatic rings. The molecule has 1 amide bonds. The summed E-state index contributed by atoms with van der Waals surface area (Å²) in [5, 5.41) is 0. The molecular weight excluding hydrogens is 376 g/mol. The first kappa shape index (κ1) is 16.7. The number of carbonyl (C=O) groups is 1. The van der Waals surface area contributed by atoms with Crippen molar-refractivity contribution in [3.8, 4) is 0 Å². The fourth-order valence-electron chi connectivity index (χ4n) is 2.94. The van der Waals surface area contributed by atoms with Crippen LogP contribution in [0.15, 0.2) is 27.1 Å². The zero-order chi connectivity index (χ0) is 16.6. The van der Waals surface area contributed by atoms with E-state index in [1.807, 2.05) is 31.9 Å². The molecule has 1 aromatic heterocycles. The lowest BCUT2D eigenvalue weighted by atomic mass is 10.0. The van der Waals surface area contributed by atoms with E-state index >= 15 is 0 Å². The topological polar surface area (TPSA) is 41.9 Å². The summed E-state index contributed by atoms with van der Waals surface area (Å²) in [6, 6.07) is 4.24. The zero-order valence-electron chi connectivity index (χ0n) is 13.6. The standard InChI is InChI=1S/C17H21BrN2O2S/c1-17(2,3)22-16(21)20-8-4-5-13(20)12-9-11(10-19-12)14-6-7-15(18)23-14/h6-7,10,13H,4-5,8-9H2,1-3H3/t13-/m0/s1. The maximum atomic E-state index is 12.4. The molecule has 124 valence electrons. The number of halogens is 1. The Balaban J connectivity index is 1.67. The molecule has 0 N–H and O–H groups in total. The van der Waals surface area contributed by atoms with Crippen molar-refractivity contribution in [2.24, 2.45) is 4.99 Å². The highest BCUT2D eigenvalue weighted by molar-refractivity contribution is 9.11. The van der Waals surface area contributed by atoms with Crippen LogP contribution in [0.4, 0.5) is 4.79 Å². The van der Waals surface area contributed by atoms with Crippen LogP contribution >= 0.6 is 27.3 Å². The van der Waals surface area contributed by atoms with E-state index in [9.17, 15) is 4.79 Å². The maximum absolute atomic E-state index is 12.4. The van der Waals surface area contributed by atoms with Crippen LogP contribution in [-0.2, 0) is 4.74 Å². The van der Waals surface area contributed by atoms with E-state index in [0.29, 0.717) is 0 Å². The third-order valence-electron chi connectivity index (χ3n) is 3.91. The third-order valence-corrected chi connectivity index (χ3v) is 5.61. The lowest BCUT2D eigenvalue weighted by molar-refractivity contribution is 0.0265. The number of nitrogens with zero attached hydrogens (tertiary/aromatic N) is 2. The number of allylic oxidation sites excluding steroid dienone is 1. The van der Waals surface area contributed by atoms with E-state index in [0.717, 1.165) is 35.3 Å². The van der Waals surface area contributed by atoms with Crippen molar-refractivity contribution in [3.63, 3.8) is 0 Å². The molecular formula is C17H21BrN2O2S. The zero-order valence-corrected chi connectivity index (χ0v) is 16.0. The van der Waals surface area contributed by atoms with Crippen LogP contribution in [0.25, 0.3) is 5.57 Å². The first-order chi connectivity index (χ1) is 10.8. The third kappa shape index (κ3) is 3.86. The summed E-state index contributed by atoms with van der Waals surface area (Å²) in [5.74, 6) is 0. The minimum Gasteiger partial charge on any atom is -0.444 e. The molecule has 0 bridgehead atoms. The molecule has 3 heterocycles. The van der Waals surface area contributed by atoms with Crippen molar-refractivity contribution in [2.75, 3.05) is 6.54 Å². The maximum Gasteiger partial charge on any atom is 0.410 e. The molecule has 0 aliphatic carbocycles. The molecule has 0 saturated carbocycles. The normalized spacial score (nSPS) is 21.4. The van der Waals surface area contributed by atoms with Gasteiger partial charge in [0.05, 0.1) is 9.83 Å². The van der Waals surface area contributed by atoms with Gasteiger partial charge in [-0.2, -0.15) is 0 Å². The summed E-state index contributed by atoms with van der Waals surface area (Å²) in [5.41, 5.74) is 1.84. The molecule has 2 aliphatic heterocycles. The van der Waals surface area contributed by atoms with Crippen LogP contribution in [0.1, 0.15) is 44.9 Å². The number of ether oxygens (including phenoxy) is 1. The Kier molecular flexibility index (Phi) is 4.65. The van der Waals surface area contributed by atoms with E-state index in [1.54, 1.807) is 11.3 Å². The number of amides is 1. The summed E-state index contributed by atoms with van der Waals surface area (Å²) in [7, 11) is 0. The Labute approximate surface area is 149 Å². The Hall–Kier alpha value is -1.14. The van der Waals surface area contributed by atoms with Crippen molar-refractivity contribution in [1.29, 1.82) is 0 Å². The van der Waals surface area contributed by atoms with Crippen LogP contribution in [-0.4, -0.2) is 34.9 Å². The SMILES string of the molecule is CC(C)(C)OC(=O)N1CCC[C@H]1C1=NC=C(c2ccc(Br)s2)C1. The molecule has 0 spiro atoms. The first-order valence-corrected chi connectivity index (χ1v) is 9.45. The highest BCUT2D eigenvalue weighted by Gasteiger charge is 2.36. The summed E-state index contributed by atoms with van der Waals surface area (Å²) in [6.45, 7) is 6.45. The summed E-state index contributed by atoms with van der Waals surface area (Å²) in [6.07, 6.45) is 4.50. The smallest absolute Gasteiger partial charge is 0.410 e. The molecule has 0 radical (unpaired) electrons. The van der Waals surface area contributed by atoms with Gasteiger partial charge in [0.15, 0.2) is 0 Å². The average Bonchev–Trinajstić information content (AvgIpc) is 3.15.